The van der Waals surface area contributed by atoms with Crippen molar-refractivity contribution in [3.05, 3.63) is 35.9 Å². The molecule has 3 rings (SSSR count). The SMILES string of the molecule is CSC1(CN2C(=O)CNC2c2ccccc2)CCC1. The van der Waals surface area contributed by atoms with Crippen molar-refractivity contribution in [2.75, 3.05) is 19.3 Å². The summed E-state index contributed by atoms with van der Waals surface area (Å²) in [6.45, 7) is 1.34. The van der Waals surface area contributed by atoms with E-state index in [9.17, 15) is 4.79 Å². The van der Waals surface area contributed by atoms with Crippen LogP contribution in [0.5, 0.6) is 0 Å². The third-order valence-electron chi connectivity index (χ3n) is 4.35. The van der Waals surface area contributed by atoms with Crippen molar-refractivity contribution in [3.63, 3.8) is 0 Å². The van der Waals surface area contributed by atoms with Crippen LogP contribution in [0.25, 0.3) is 0 Å². The standard InChI is InChI=1S/C15H20N2OS/c1-19-15(8-5-9-15)11-17-13(18)10-16-14(17)12-6-3-2-4-7-12/h2-4,6-7,14,16H,5,8-11H2,1H3. The van der Waals surface area contributed by atoms with E-state index in [0.717, 1.165) is 6.54 Å². The summed E-state index contributed by atoms with van der Waals surface area (Å²) in [6.07, 6.45) is 5.99. The Labute approximate surface area is 118 Å². The fourth-order valence-corrected chi connectivity index (χ4v) is 3.93. The predicted molar refractivity (Wildman–Crippen MR) is 79.0 cm³/mol. The zero-order chi connectivity index (χ0) is 13.3. The fourth-order valence-electron chi connectivity index (χ4n) is 2.96. The Morgan fingerprint density at radius 3 is 2.68 bits per heavy atom. The van der Waals surface area contributed by atoms with Crippen molar-refractivity contribution in [1.29, 1.82) is 0 Å². The molecule has 19 heavy (non-hydrogen) atoms. The number of carbonyl (C=O) groups excluding carboxylic acids is 1. The molecule has 1 unspecified atom stereocenters. The van der Waals surface area contributed by atoms with Crippen LogP contribution in [0.15, 0.2) is 30.3 Å². The third-order valence-corrected chi connectivity index (χ3v) is 5.75. The van der Waals surface area contributed by atoms with Gasteiger partial charge in [0.25, 0.3) is 0 Å². The van der Waals surface area contributed by atoms with Crippen molar-refractivity contribution in [3.8, 4) is 0 Å². The number of nitrogens with one attached hydrogen (secondary N) is 1. The van der Waals surface area contributed by atoms with E-state index in [1.54, 1.807) is 0 Å². The molecule has 1 heterocycles. The lowest BCUT2D eigenvalue weighted by molar-refractivity contribution is -0.128. The molecule has 102 valence electrons. The van der Waals surface area contributed by atoms with Crippen LogP contribution < -0.4 is 5.32 Å². The van der Waals surface area contributed by atoms with E-state index in [-0.39, 0.29) is 12.1 Å². The lowest BCUT2D eigenvalue weighted by atomic mass is 9.83. The van der Waals surface area contributed by atoms with Crippen LogP contribution in [0.1, 0.15) is 31.0 Å². The summed E-state index contributed by atoms with van der Waals surface area (Å²) in [6, 6.07) is 10.3. The minimum Gasteiger partial charge on any atom is -0.320 e. The molecule has 0 radical (unpaired) electrons. The Kier molecular flexibility index (Phi) is 3.54. The highest BCUT2D eigenvalue weighted by molar-refractivity contribution is 8.00. The molecule has 2 aliphatic rings. The quantitative estimate of drug-likeness (QED) is 0.916. The minimum absolute atomic E-state index is 0.0540. The average molecular weight is 276 g/mol. The number of hydrogen-bond donors (Lipinski definition) is 1. The van der Waals surface area contributed by atoms with Crippen LogP contribution in [0, 0.1) is 0 Å². The lowest BCUT2D eigenvalue weighted by Crippen LogP contribution is -2.47. The summed E-state index contributed by atoms with van der Waals surface area (Å²) in [5, 5.41) is 3.33. The number of rotatable bonds is 4. The second-order valence-corrected chi connectivity index (χ2v) is 6.73. The smallest absolute Gasteiger partial charge is 0.238 e. The summed E-state index contributed by atoms with van der Waals surface area (Å²) in [5.74, 6) is 0.231. The van der Waals surface area contributed by atoms with Gasteiger partial charge in [-0.25, -0.2) is 0 Å². The highest BCUT2D eigenvalue weighted by Crippen LogP contribution is 2.44. The summed E-state index contributed by atoms with van der Waals surface area (Å²) >= 11 is 1.92. The second-order valence-electron chi connectivity index (χ2n) is 5.46. The van der Waals surface area contributed by atoms with Crippen molar-refractivity contribution >= 4 is 17.7 Å². The van der Waals surface area contributed by atoms with E-state index in [4.69, 9.17) is 0 Å². The molecule has 1 aromatic carbocycles. The molecule has 0 bridgehead atoms. The molecule has 4 heteroatoms. The first-order valence-corrected chi connectivity index (χ1v) is 8.10. The summed E-state index contributed by atoms with van der Waals surface area (Å²) in [5.41, 5.74) is 1.18. The molecule has 3 nitrogen and oxygen atoms in total. The van der Waals surface area contributed by atoms with Crippen LogP contribution in [-0.2, 0) is 4.79 Å². The molecular formula is C15H20N2OS. The van der Waals surface area contributed by atoms with Crippen molar-refractivity contribution < 1.29 is 4.79 Å². The van der Waals surface area contributed by atoms with Gasteiger partial charge in [-0.15, -0.1) is 0 Å². The molecule has 0 spiro atoms. The Hall–Kier alpha value is -1.00. The molecule has 1 N–H and O–H groups in total. The molecule has 2 fully saturated rings. The van der Waals surface area contributed by atoms with Crippen molar-refractivity contribution in [2.24, 2.45) is 0 Å². The van der Waals surface area contributed by atoms with Gasteiger partial charge in [-0.1, -0.05) is 36.8 Å². The summed E-state index contributed by atoms with van der Waals surface area (Å²) in [4.78, 5) is 14.2. The number of hydrogen-bond acceptors (Lipinski definition) is 3. The van der Waals surface area contributed by atoms with Crippen LogP contribution in [0.2, 0.25) is 0 Å². The molecule has 1 aliphatic carbocycles. The van der Waals surface area contributed by atoms with E-state index in [1.807, 2.05) is 34.9 Å². The largest absolute Gasteiger partial charge is 0.320 e. The summed E-state index contributed by atoms with van der Waals surface area (Å²) in [7, 11) is 0. The first kappa shape index (κ1) is 13.0. The molecule has 1 aliphatic heterocycles. The van der Waals surface area contributed by atoms with Gasteiger partial charge in [0.15, 0.2) is 0 Å². The van der Waals surface area contributed by atoms with E-state index in [2.05, 4.69) is 23.7 Å². The molecular weight excluding hydrogens is 256 g/mol. The van der Waals surface area contributed by atoms with Gasteiger partial charge in [0.1, 0.15) is 6.17 Å². The second kappa shape index (κ2) is 5.17. The predicted octanol–water partition coefficient (Wildman–Crippen LogP) is 2.40. The van der Waals surface area contributed by atoms with Gasteiger partial charge in [-0.3, -0.25) is 10.1 Å². The number of thioether (sulfide) groups is 1. The van der Waals surface area contributed by atoms with E-state index < -0.39 is 0 Å². The molecule has 0 aromatic heterocycles. The lowest BCUT2D eigenvalue weighted by Gasteiger charge is -2.44. The molecule has 1 saturated heterocycles. The first-order chi connectivity index (χ1) is 9.24. The van der Waals surface area contributed by atoms with Gasteiger partial charge in [0.05, 0.1) is 6.54 Å². The van der Waals surface area contributed by atoms with Crippen LogP contribution >= 0.6 is 11.8 Å². The van der Waals surface area contributed by atoms with Crippen molar-refractivity contribution in [1.82, 2.24) is 10.2 Å². The van der Waals surface area contributed by atoms with Crippen molar-refractivity contribution in [2.45, 2.75) is 30.2 Å². The monoisotopic (exact) mass is 276 g/mol. The zero-order valence-electron chi connectivity index (χ0n) is 11.3. The van der Waals surface area contributed by atoms with Crippen LogP contribution in [0.4, 0.5) is 0 Å². The topological polar surface area (TPSA) is 32.3 Å². The maximum Gasteiger partial charge on any atom is 0.238 e. The maximum atomic E-state index is 12.1. The highest BCUT2D eigenvalue weighted by atomic mass is 32.2. The van der Waals surface area contributed by atoms with E-state index >= 15 is 0 Å². The van der Waals surface area contributed by atoms with E-state index in [0.29, 0.717) is 11.3 Å². The molecule has 1 atom stereocenters. The molecule has 1 aromatic rings. The number of carbonyl (C=O) groups is 1. The zero-order valence-corrected chi connectivity index (χ0v) is 12.1. The molecule has 1 amide bonds. The van der Waals surface area contributed by atoms with Crippen LogP contribution in [0.3, 0.4) is 0 Å². The van der Waals surface area contributed by atoms with Gasteiger partial charge >= 0.3 is 0 Å². The molecule has 1 saturated carbocycles. The van der Waals surface area contributed by atoms with Gasteiger partial charge in [0.2, 0.25) is 5.91 Å². The van der Waals surface area contributed by atoms with Gasteiger partial charge in [-0.2, -0.15) is 11.8 Å². The Balaban J connectivity index is 1.79. The van der Waals surface area contributed by atoms with E-state index in [1.165, 1.54) is 24.8 Å². The fraction of sp³-hybridized carbons (Fsp3) is 0.533. The Morgan fingerprint density at radius 2 is 2.11 bits per heavy atom. The average Bonchev–Trinajstić information content (AvgIpc) is 2.76. The Morgan fingerprint density at radius 1 is 1.37 bits per heavy atom. The number of benzene rings is 1. The highest BCUT2D eigenvalue weighted by Gasteiger charge is 2.42. The number of amides is 1. The third kappa shape index (κ3) is 2.39. The summed E-state index contributed by atoms with van der Waals surface area (Å²) < 4.78 is 0.300. The Bertz CT molecular complexity index is 453. The van der Waals surface area contributed by atoms with Gasteiger partial charge < -0.3 is 4.90 Å². The minimum atomic E-state index is 0.0540. The van der Waals surface area contributed by atoms with Crippen LogP contribution in [-0.4, -0.2) is 34.9 Å². The van der Waals surface area contributed by atoms with Gasteiger partial charge in [-0.05, 0) is 24.7 Å². The maximum absolute atomic E-state index is 12.1. The number of nitrogens with zero attached hydrogens (tertiary/aromatic N) is 1. The first-order valence-electron chi connectivity index (χ1n) is 6.87. The normalized spacial score (nSPS) is 25.4. The van der Waals surface area contributed by atoms with Gasteiger partial charge in [0, 0.05) is 11.3 Å².